The van der Waals surface area contributed by atoms with Crippen LogP contribution in [0.4, 0.5) is 4.39 Å². The largest absolute Gasteiger partial charge is 0.494 e. The monoisotopic (exact) mass is 394 g/mol. The van der Waals surface area contributed by atoms with Crippen LogP contribution in [-0.4, -0.2) is 45.5 Å². The first kappa shape index (κ1) is 19.1. The number of aryl methyl sites for hydroxylation is 1. The van der Waals surface area contributed by atoms with E-state index in [0.717, 1.165) is 30.0 Å². The molecule has 3 aromatic rings. The molecular weight excluding hydrogens is 371 g/mol. The van der Waals surface area contributed by atoms with Crippen molar-refractivity contribution in [3.8, 4) is 17.1 Å². The van der Waals surface area contributed by atoms with Crippen molar-refractivity contribution in [2.75, 3.05) is 20.2 Å². The fourth-order valence-corrected chi connectivity index (χ4v) is 3.83. The maximum Gasteiger partial charge on any atom is 0.253 e. The van der Waals surface area contributed by atoms with Crippen LogP contribution in [0.3, 0.4) is 0 Å². The summed E-state index contributed by atoms with van der Waals surface area (Å²) in [5.74, 6) is 0.693. The van der Waals surface area contributed by atoms with Gasteiger partial charge in [0.15, 0.2) is 11.6 Å². The average molecular weight is 394 g/mol. The smallest absolute Gasteiger partial charge is 0.253 e. The number of likely N-dealkylation sites (tertiary alicyclic amines) is 1. The van der Waals surface area contributed by atoms with Gasteiger partial charge in [-0.2, -0.15) is 0 Å². The minimum atomic E-state index is -0.523. The molecule has 7 heteroatoms. The molecule has 3 heterocycles. The molecule has 1 saturated heterocycles. The molecule has 0 radical (unpaired) electrons. The number of ether oxygens (including phenoxy) is 1. The highest BCUT2D eigenvalue weighted by atomic mass is 19.1. The average Bonchev–Trinajstić information content (AvgIpc) is 3.35. The minimum Gasteiger partial charge on any atom is -0.494 e. The maximum atomic E-state index is 14.0. The molecule has 1 aliphatic rings. The third-order valence-electron chi connectivity index (χ3n) is 5.41. The highest BCUT2D eigenvalue weighted by Gasteiger charge is 2.28. The van der Waals surface area contributed by atoms with Crippen LogP contribution in [0.2, 0.25) is 0 Å². The molecule has 1 amide bonds. The fraction of sp³-hybridized carbons (Fsp3) is 0.318. The van der Waals surface area contributed by atoms with Crippen molar-refractivity contribution in [1.29, 1.82) is 0 Å². The number of nitrogens with zero attached hydrogens (tertiary/aromatic N) is 4. The predicted molar refractivity (Wildman–Crippen MR) is 107 cm³/mol. The van der Waals surface area contributed by atoms with Gasteiger partial charge in [0.25, 0.3) is 5.91 Å². The van der Waals surface area contributed by atoms with Crippen molar-refractivity contribution in [2.24, 2.45) is 5.92 Å². The molecule has 6 nitrogen and oxygen atoms in total. The highest BCUT2D eigenvalue weighted by molar-refractivity contribution is 5.94. The van der Waals surface area contributed by atoms with Gasteiger partial charge in [-0.25, -0.2) is 9.37 Å². The zero-order valence-corrected chi connectivity index (χ0v) is 16.5. The van der Waals surface area contributed by atoms with Crippen molar-refractivity contribution < 1.29 is 13.9 Å². The van der Waals surface area contributed by atoms with Crippen LogP contribution in [0, 0.1) is 18.7 Å². The summed E-state index contributed by atoms with van der Waals surface area (Å²) in [5.41, 5.74) is 2.45. The maximum absolute atomic E-state index is 14.0. The number of hydrogen-bond acceptors (Lipinski definition) is 4. The van der Waals surface area contributed by atoms with Gasteiger partial charge >= 0.3 is 0 Å². The first-order valence-corrected chi connectivity index (χ1v) is 9.62. The van der Waals surface area contributed by atoms with E-state index in [0.29, 0.717) is 24.6 Å². The Bertz CT molecular complexity index is 1020. The van der Waals surface area contributed by atoms with E-state index in [1.54, 1.807) is 23.4 Å². The molecule has 1 aliphatic heterocycles. The lowest BCUT2D eigenvalue weighted by Gasteiger charge is -2.18. The van der Waals surface area contributed by atoms with Crippen LogP contribution in [0.5, 0.6) is 5.75 Å². The number of methoxy groups -OCH3 is 1. The van der Waals surface area contributed by atoms with Crippen molar-refractivity contribution >= 4 is 5.91 Å². The SMILES string of the molecule is COc1ccc(C(=O)N2CCC(Cn3c(C)cnc3-c3ccncc3)C2)cc1F. The summed E-state index contributed by atoms with van der Waals surface area (Å²) in [6, 6.07) is 8.24. The minimum absolute atomic E-state index is 0.139. The zero-order valence-electron chi connectivity index (χ0n) is 16.5. The van der Waals surface area contributed by atoms with Gasteiger partial charge in [-0.1, -0.05) is 0 Å². The molecule has 0 spiro atoms. The molecule has 1 atom stereocenters. The Morgan fingerprint density at radius 2 is 2.07 bits per heavy atom. The molecular formula is C22H23FN4O2. The predicted octanol–water partition coefficient (Wildman–Crippen LogP) is 3.56. The molecule has 0 N–H and O–H groups in total. The van der Waals surface area contributed by atoms with Crippen molar-refractivity contribution in [3.63, 3.8) is 0 Å². The number of carbonyl (C=O) groups excluding carboxylic acids is 1. The molecule has 0 saturated carbocycles. The highest BCUT2D eigenvalue weighted by Crippen LogP contribution is 2.26. The molecule has 1 aromatic carbocycles. The van der Waals surface area contributed by atoms with Gasteiger partial charge in [0.1, 0.15) is 5.82 Å². The third kappa shape index (κ3) is 3.85. The van der Waals surface area contributed by atoms with Crippen LogP contribution < -0.4 is 4.74 Å². The number of carbonyl (C=O) groups is 1. The van der Waals surface area contributed by atoms with E-state index in [1.165, 1.54) is 19.2 Å². The van der Waals surface area contributed by atoms with Gasteiger partial charge in [0.2, 0.25) is 0 Å². The summed E-state index contributed by atoms with van der Waals surface area (Å²) >= 11 is 0. The van der Waals surface area contributed by atoms with Gasteiger partial charge in [-0.3, -0.25) is 9.78 Å². The standard InChI is InChI=1S/C22H23FN4O2/c1-15-12-25-21(17-5-8-24-9-6-17)27(15)14-16-7-10-26(13-16)22(28)18-3-4-20(29-2)19(23)11-18/h3-6,8-9,11-12,16H,7,10,13-14H2,1-2H3. The Hall–Kier alpha value is -3.22. The Morgan fingerprint density at radius 1 is 1.28 bits per heavy atom. The Balaban J connectivity index is 1.47. The number of aromatic nitrogens is 3. The molecule has 0 aliphatic carbocycles. The lowest BCUT2D eigenvalue weighted by atomic mass is 10.1. The Kier molecular flexibility index (Phi) is 5.29. The van der Waals surface area contributed by atoms with Gasteiger partial charge in [-0.05, 0) is 49.6 Å². The van der Waals surface area contributed by atoms with Crippen molar-refractivity contribution in [3.05, 3.63) is 66.0 Å². The molecule has 2 aromatic heterocycles. The van der Waals surface area contributed by atoms with Crippen LogP contribution in [0.15, 0.2) is 48.9 Å². The second-order valence-corrected chi connectivity index (χ2v) is 7.32. The van der Waals surface area contributed by atoms with Crippen LogP contribution >= 0.6 is 0 Å². The Labute approximate surface area is 169 Å². The Morgan fingerprint density at radius 3 is 2.79 bits per heavy atom. The van der Waals surface area contributed by atoms with E-state index >= 15 is 0 Å². The number of hydrogen-bond donors (Lipinski definition) is 0. The third-order valence-corrected chi connectivity index (χ3v) is 5.41. The molecule has 0 bridgehead atoms. The summed E-state index contributed by atoms with van der Waals surface area (Å²) in [7, 11) is 1.41. The summed E-state index contributed by atoms with van der Waals surface area (Å²) in [4.78, 5) is 23.2. The van der Waals surface area contributed by atoms with Gasteiger partial charge in [-0.15, -0.1) is 0 Å². The first-order valence-electron chi connectivity index (χ1n) is 9.62. The van der Waals surface area contributed by atoms with E-state index in [9.17, 15) is 9.18 Å². The van der Waals surface area contributed by atoms with Crippen LogP contribution in [0.25, 0.3) is 11.4 Å². The second kappa shape index (κ2) is 8.03. The summed E-state index contributed by atoms with van der Waals surface area (Å²) in [6.07, 6.45) is 6.28. The molecule has 4 rings (SSSR count). The topological polar surface area (TPSA) is 60.2 Å². The van der Waals surface area contributed by atoms with Gasteiger partial charge < -0.3 is 14.2 Å². The molecule has 1 unspecified atom stereocenters. The molecule has 150 valence electrons. The van der Waals surface area contributed by atoms with E-state index in [4.69, 9.17) is 4.74 Å². The first-order chi connectivity index (χ1) is 14.1. The fourth-order valence-electron chi connectivity index (χ4n) is 3.83. The van der Waals surface area contributed by atoms with Crippen LogP contribution in [-0.2, 0) is 6.54 Å². The van der Waals surface area contributed by atoms with Crippen molar-refractivity contribution in [1.82, 2.24) is 19.4 Å². The molecule has 1 fully saturated rings. The number of rotatable bonds is 5. The lowest BCUT2D eigenvalue weighted by Crippen LogP contribution is -2.29. The zero-order chi connectivity index (χ0) is 20.4. The normalized spacial score (nSPS) is 16.2. The quantitative estimate of drug-likeness (QED) is 0.664. The van der Waals surface area contributed by atoms with E-state index in [1.807, 2.05) is 25.3 Å². The van der Waals surface area contributed by atoms with Gasteiger partial charge in [0.05, 0.1) is 7.11 Å². The van der Waals surface area contributed by atoms with E-state index < -0.39 is 5.82 Å². The second-order valence-electron chi connectivity index (χ2n) is 7.32. The lowest BCUT2D eigenvalue weighted by molar-refractivity contribution is 0.0785. The van der Waals surface area contributed by atoms with Crippen molar-refractivity contribution in [2.45, 2.75) is 19.9 Å². The summed E-state index contributed by atoms with van der Waals surface area (Å²) in [5, 5.41) is 0. The van der Waals surface area contributed by atoms with E-state index in [2.05, 4.69) is 14.5 Å². The number of halogens is 1. The number of benzene rings is 1. The summed E-state index contributed by atoms with van der Waals surface area (Å²) < 4.78 is 21.1. The van der Waals surface area contributed by atoms with E-state index in [-0.39, 0.29) is 11.7 Å². The summed E-state index contributed by atoms with van der Waals surface area (Å²) in [6.45, 7) is 4.12. The molecule has 29 heavy (non-hydrogen) atoms. The van der Waals surface area contributed by atoms with Crippen LogP contribution in [0.1, 0.15) is 22.5 Å². The number of imidazole rings is 1. The number of amides is 1. The van der Waals surface area contributed by atoms with Gasteiger partial charge in [0, 0.05) is 55.0 Å². The number of pyridine rings is 1.